The summed E-state index contributed by atoms with van der Waals surface area (Å²) in [4.78, 5) is 40.0. The van der Waals surface area contributed by atoms with Crippen LogP contribution in [0, 0.1) is 0 Å². The van der Waals surface area contributed by atoms with Gasteiger partial charge in [0.05, 0.1) is 22.8 Å². The number of aryl methyl sites for hydroxylation is 1. The fraction of sp³-hybridized carbons (Fsp3) is 0.576. The minimum Gasteiger partial charge on any atom is -0.459 e. The Morgan fingerprint density at radius 2 is 1.69 bits per heavy atom. The van der Waals surface area contributed by atoms with Crippen LogP contribution in [-0.4, -0.2) is 49.7 Å². The molecule has 2 aliphatic carbocycles. The van der Waals surface area contributed by atoms with Gasteiger partial charge in [0, 0.05) is 12.2 Å². The summed E-state index contributed by atoms with van der Waals surface area (Å²) >= 11 is 0. The molecule has 0 aliphatic heterocycles. The van der Waals surface area contributed by atoms with Gasteiger partial charge in [-0.15, -0.1) is 0 Å². The molecule has 1 saturated carbocycles. The molecule has 42 heavy (non-hydrogen) atoms. The molecular formula is C33H45N5O4. The molecule has 0 radical (unpaired) electrons. The van der Waals surface area contributed by atoms with E-state index in [2.05, 4.69) is 21.7 Å². The lowest BCUT2D eigenvalue weighted by atomic mass is 9.77. The predicted molar refractivity (Wildman–Crippen MR) is 162 cm³/mol. The van der Waals surface area contributed by atoms with E-state index >= 15 is 0 Å². The molecule has 5 rings (SSSR count). The van der Waals surface area contributed by atoms with Crippen molar-refractivity contribution >= 4 is 23.0 Å². The van der Waals surface area contributed by atoms with E-state index in [-0.39, 0.29) is 24.0 Å². The van der Waals surface area contributed by atoms with Crippen LogP contribution in [0.15, 0.2) is 42.6 Å². The number of rotatable bonds is 7. The van der Waals surface area contributed by atoms with Gasteiger partial charge in [-0.2, -0.15) is 0 Å². The molecule has 2 aromatic heterocycles. The molecule has 1 aromatic carbocycles. The first-order chi connectivity index (χ1) is 19.8. The van der Waals surface area contributed by atoms with E-state index in [1.165, 1.54) is 5.56 Å². The van der Waals surface area contributed by atoms with E-state index < -0.39 is 22.8 Å². The summed E-state index contributed by atoms with van der Waals surface area (Å²) in [7, 11) is 0. The van der Waals surface area contributed by atoms with Gasteiger partial charge >= 0.3 is 11.9 Å². The van der Waals surface area contributed by atoms with E-state index in [0.29, 0.717) is 31.5 Å². The Hall–Kier alpha value is -3.30. The number of nitrogens with zero attached hydrogens (tertiary/aromatic N) is 2. The Labute approximate surface area is 248 Å². The second-order valence-corrected chi connectivity index (χ2v) is 13.8. The molecule has 9 heteroatoms. The third-order valence-corrected chi connectivity index (χ3v) is 8.00. The molecule has 226 valence electrons. The number of H-pyrrole nitrogens is 1. The Kier molecular flexibility index (Phi) is 8.45. The molecule has 0 bridgehead atoms. The fourth-order valence-electron chi connectivity index (χ4n) is 6.11. The lowest BCUT2D eigenvalue weighted by Gasteiger charge is -2.43. The highest BCUT2D eigenvalue weighted by Crippen LogP contribution is 2.37. The summed E-state index contributed by atoms with van der Waals surface area (Å²) in [6.45, 7) is 11.3. The van der Waals surface area contributed by atoms with Crippen LogP contribution in [0.5, 0.6) is 0 Å². The quantitative estimate of drug-likeness (QED) is 0.311. The number of hydrogen-bond donors (Lipinski definition) is 3. The van der Waals surface area contributed by atoms with Crippen LogP contribution in [-0.2, 0) is 25.5 Å². The number of imidazole rings is 1. The monoisotopic (exact) mass is 575 g/mol. The molecule has 0 amide bonds. The molecule has 0 spiro atoms. The average Bonchev–Trinajstić information content (AvgIpc) is 3.35. The van der Waals surface area contributed by atoms with Crippen LogP contribution in [0.25, 0.3) is 11.0 Å². The summed E-state index contributed by atoms with van der Waals surface area (Å²) in [5.41, 5.74) is 1.83. The van der Waals surface area contributed by atoms with Crippen molar-refractivity contribution in [2.24, 2.45) is 0 Å². The molecule has 1 fully saturated rings. The summed E-state index contributed by atoms with van der Waals surface area (Å²) in [6.07, 6.45) is 7.28. The Balaban J connectivity index is 1.37. The maximum atomic E-state index is 13.8. The van der Waals surface area contributed by atoms with E-state index in [9.17, 15) is 9.59 Å². The topological polar surface area (TPSA) is 118 Å². The van der Waals surface area contributed by atoms with Gasteiger partial charge < -0.3 is 14.5 Å². The van der Waals surface area contributed by atoms with Gasteiger partial charge in [0.15, 0.2) is 6.04 Å². The number of benzene rings is 1. The number of aromatic nitrogens is 3. The van der Waals surface area contributed by atoms with Gasteiger partial charge in [-0.1, -0.05) is 18.2 Å². The zero-order valence-corrected chi connectivity index (χ0v) is 25.8. The SMILES string of the molecule is CC(C)(C)OC(=O)C(NC1CCC(NC2CCCc3cccnc32)(C(=O)OC(C)(C)C)CC1)c1nc2ccccc2[nH]1. The predicted octanol–water partition coefficient (Wildman–Crippen LogP) is 5.62. The second kappa shape index (κ2) is 11.8. The highest BCUT2D eigenvalue weighted by atomic mass is 16.6. The number of ether oxygens (including phenoxy) is 2. The summed E-state index contributed by atoms with van der Waals surface area (Å²) in [5.74, 6) is -0.0801. The molecule has 3 aromatic rings. The molecule has 2 atom stereocenters. The van der Waals surface area contributed by atoms with Crippen LogP contribution >= 0.6 is 0 Å². The number of esters is 2. The average molecular weight is 576 g/mol. The first kappa shape index (κ1) is 30.2. The third-order valence-electron chi connectivity index (χ3n) is 8.00. The lowest BCUT2D eigenvalue weighted by Crippen LogP contribution is -2.59. The normalized spacial score (nSPS) is 23.7. The minimum atomic E-state index is -0.844. The van der Waals surface area contributed by atoms with Crippen molar-refractivity contribution < 1.29 is 19.1 Å². The number of carbonyl (C=O) groups excluding carboxylic acids is 2. The largest absolute Gasteiger partial charge is 0.459 e. The van der Waals surface area contributed by atoms with Crippen molar-refractivity contribution in [3.05, 3.63) is 59.7 Å². The summed E-state index contributed by atoms with van der Waals surface area (Å²) < 4.78 is 11.8. The van der Waals surface area contributed by atoms with Crippen LogP contribution in [0.1, 0.15) is 109 Å². The van der Waals surface area contributed by atoms with E-state index in [0.717, 1.165) is 36.0 Å². The Bertz CT molecular complexity index is 1380. The second-order valence-electron chi connectivity index (χ2n) is 13.8. The maximum absolute atomic E-state index is 13.8. The van der Waals surface area contributed by atoms with E-state index in [4.69, 9.17) is 19.4 Å². The molecule has 9 nitrogen and oxygen atoms in total. The van der Waals surface area contributed by atoms with Gasteiger partial charge in [-0.05, 0) is 110 Å². The molecule has 3 N–H and O–H groups in total. The van der Waals surface area contributed by atoms with Crippen LogP contribution < -0.4 is 10.6 Å². The number of para-hydroxylation sites is 2. The van der Waals surface area contributed by atoms with Crippen molar-refractivity contribution in [2.45, 2.75) is 121 Å². The molecular weight excluding hydrogens is 530 g/mol. The van der Waals surface area contributed by atoms with Crippen LogP contribution in [0.4, 0.5) is 0 Å². The smallest absolute Gasteiger partial charge is 0.331 e. The van der Waals surface area contributed by atoms with E-state index in [1.54, 1.807) is 0 Å². The van der Waals surface area contributed by atoms with E-state index in [1.807, 2.05) is 78.1 Å². The molecule has 2 unspecified atom stereocenters. The zero-order chi connectivity index (χ0) is 30.1. The van der Waals surface area contributed by atoms with Gasteiger partial charge in [0.2, 0.25) is 0 Å². The summed E-state index contributed by atoms with van der Waals surface area (Å²) in [5, 5.41) is 7.29. The van der Waals surface area contributed by atoms with Crippen LogP contribution in [0.2, 0.25) is 0 Å². The van der Waals surface area contributed by atoms with Crippen molar-refractivity contribution in [1.29, 1.82) is 0 Å². The zero-order valence-electron chi connectivity index (χ0n) is 25.8. The molecule has 2 heterocycles. The highest BCUT2D eigenvalue weighted by molar-refractivity contribution is 5.82. The maximum Gasteiger partial charge on any atom is 0.331 e. The first-order valence-electron chi connectivity index (χ1n) is 15.2. The molecule has 2 aliphatic rings. The Morgan fingerprint density at radius 1 is 0.976 bits per heavy atom. The van der Waals surface area contributed by atoms with Crippen molar-refractivity contribution in [2.75, 3.05) is 0 Å². The number of pyridine rings is 1. The van der Waals surface area contributed by atoms with Gasteiger partial charge in [0.25, 0.3) is 0 Å². The van der Waals surface area contributed by atoms with Crippen molar-refractivity contribution in [3.63, 3.8) is 0 Å². The minimum absolute atomic E-state index is 0.0166. The summed E-state index contributed by atoms with van der Waals surface area (Å²) in [6, 6.07) is 11.0. The standard InChI is InChI=1S/C33H45N5O4/c1-31(2,3)41-29(39)27(28-36-23-13-7-8-14-24(23)37-28)35-22-16-18-33(19-17-22,30(40)42-32(4,5)6)38-25-15-9-11-21-12-10-20-34-26(21)25/h7-8,10,12-14,20,22,25,27,35,38H,9,11,15-19H2,1-6H3,(H,36,37). The van der Waals surface area contributed by atoms with Gasteiger partial charge in [0.1, 0.15) is 22.6 Å². The molecule has 0 saturated heterocycles. The lowest BCUT2D eigenvalue weighted by molar-refractivity contribution is -0.166. The highest BCUT2D eigenvalue weighted by Gasteiger charge is 2.47. The first-order valence-corrected chi connectivity index (χ1v) is 15.2. The third kappa shape index (κ3) is 7.01. The Morgan fingerprint density at radius 3 is 2.38 bits per heavy atom. The number of fused-ring (bicyclic) bond motifs is 2. The number of carbonyl (C=O) groups is 2. The van der Waals surface area contributed by atoms with Gasteiger partial charge in [-0.25, -0.2) is 9.78 Å². The fourth-order valence-corrected chi connectivity index (χ4v) is 6.11. The number of aromatic amines is 1. The van der Waals surface area contributed by atoms with Crippen LogP contribution in [0.3, 0.4) is 0 Å². The number of nitrogens with one attached hydrogen (secondary N) is 3. The van der Waals surface area contributed by atoms with Crippen molar-refractivity contribution in [3.8, 4) is 0 Å². The van der Waals surface area contributed by atoms with Gasteiger partial charge in [-0.3, -0.25) is 20.4 Å². The number of hydrogen-bond acceptors (Lipinski definition) is 8. The van der Waals surface area contributed by atoms with Crippen molar-refractivity contribution in [1.82, 2.24) is 25.6 Å².